The monoisotopic (exact) mass is 317 g/mol. The fraction of sp³-hybridized carbons (Fsp3) is 0.312. The van der Waals surface area contributed by atoms with Crippen molar-refractivity contribution in [1.82, 2.24) is 4.98 Å². The molecule has 1 aromatic heterocycles. The van der Waals surface area contributed by atoms with Crippen LogP contribution in [0.5, 0.6) is 0 Å². The van der Waals surface area contributed by atoms with Gasteiger partial charge in [0.1, 0.15) is 5.76 Å². The summed E-state index contributed by atoms with van der Waals surface area (Å²) in [5.74, 6) is 0.595. The molecule has 1 aliphatic rings. The Hall–Kier alpha value is -2.13. The third kappa shape index (κ3) is 3.20. The van der Waals surface area contributed by atoms with Crippen molar-refractivity contribution < 1.29 is 13.2 Å². The Morgan fingerprint density at radius 1 is 1.41 bits per heavy atom. The number of hydrogen-bond donors (Lipinski definition) is 0. The van der Waals surface area contributed by atoms with Crippen LogP contribution >= 0.6 is 0 Å². The van der Waals surface area contributed by atoms with E-state index in [1.165, 1.54) is 12.3 Å². The normalized spacial score (nSPS) is 15.7. The van der Waals surface area contributed by atoms with Gasteiger partial charge < -0.3 is 4.74 Å². The number of hydrogen-bond acceptors (Lipinski definition) is 5. The van der Waals surface area contributed by atoms with Gasteiger partial charge in [-0.3, -0.25) is 4.98 Å². The summed E-state index contributed by atoms with van der Waals surface area (Å²) >= 11 is 0. The highest BCUT2D eigenvalue weighted by atomic mass is 32.2. The first-order valence-electron chi connectivity index (χ1n) is 6.84. The van der Waals surface area contributed by atoms with E-state index in [9.17, 15) is 13.7 Å². The van der Waals surface area contributed by atoms with E-state index in [1.807, 2.05) is 20.3 Å². The fourth-order valence-corrected chi connectivity index (χ4v) is 2.86. The van der Waals surface area contributed by atoms with Gasteiger partial charge in [0.15, 0.2) is 9.84 Å². The van der Waals surface area contributed by atoms with Crippen molar-refractivity contribution >= 4 is 15.4 Å². The highest BCUT2D eigenvalue weighted by molar-refractivity contribution is 7.90. The van der Waals surface area contributed by atoms with Crippen LogP contribution in [0.25, 0.3) is 5.57 Å². The van der Waals surface area contributed by atoms with Gasteiger partial charge in [0.2, 0.25) is 0 Å². The predicted molar refractivity (Wildman–Crippen MR) is 83.1 cm³/mol. The SMILES string of the molecule is CCOC1=C(c2cncc(S(C)(=O)=O)c2)C(C#N)=C(C)C[CH]1. The van der Waals surface area contributed by atoms with Crippen molar-refractivity contribution in [2.45, 2.75) is 25.2 Å². The number of allylic oxidation sites excluding steroid dienone is 4. The lowest BCUT2D eigenvalue weighted by molar-refractivity contribution is 0.236. The molecule has 1 aromatic rings. The van der Waals surface area contributed by atoms with Gasteiger partial charge >= 0.3 is 0 Å². The minimum Gasteiger partial charge on any atom is -0.497 e. The van der Waals surface area contributed by atoms with E-state index in [2.05, 4.69) is 11.1 Å². The van der Waals surface area contributed by atoms with E-state index >= 15 is 0 Å². The second kappa shape index (κ2) is 6.32. The molecule has 0 amide bonds. The summed E-state index contributed by atoms with van der Waals surface area (Å²) in [6.07, 6.45) is 6.52. The summed E-state index contributed by atoms with van der Waals surface area (Å²) in [6.45, 7) is 4.21. The Bertz CT molecular complexity index is 795. The van der Waals surface area contributed by atoms with Crippen LogP contribution in [0.1, 0.15) is 25.8 Å². The van der Waals surface area contributed by atoms with Gasteiger partial charge in [-0.2, -0.15) is 5.26 Å². The molecular formula is C16H17N2O3S. The number of sulfone groups is 1. The third-order valence-corrected chi connectivity index (χ3v) is 4.44. The Balaban J connectivity index is 2.67. The molecule has 0 atom stereocenters. The molecule has 0 saturated carbocycles. The molecule has 1 radical (unpaired) electrons. The molecular weight excluding hydrogens is 300 g/mol. The van der Waals surface area contributed by atoms with E-state index in [0.717, 1.165) is 11.8 Å². The number of ether oxygens (including phenoxy) is 1. The molecule has 5 nitrogen and oxygen atoms in total. The van der Waals surface area contributed by atoms with E-state index in [4.69, 9.17) is 4.74 Å². The summed E-state index contributed by atoms with van der Waals surface area (Å²) in [5, 5.41) is 9.46. The second-order valence-electron chi connectivity index (χ2n) is 5.03. The third-order valence-electron chi connectivity index (χ3n) is 3.36. The van der Waals surface area contributed by atoms with Crippen LogP contribution in [-0.2, 0) is 14.6 Å². The molecule has 22 heavy (non-hydrogen) atoms. The predicted octanol–water partition coefficient (Wildman–Crippen LogP) is 2.68. The molecule has 0 saturated heterocycles. The number of nitriles is 1. The van der Waals surface area contributed by atoms with Gasteiger partial charge in [0.05, 0.1) is 23.1 Å². The number of rotatable bonds is 4. The van der Waals surface area contributed by atoms with Crippen LogP contribution in [0.3, 0.4) is 0 Å². The fourth-order valence-electron chi connectivity index (χ4n) is 2.27. The first-order valence-corrected chi connectivity index (χ1v) is 8.73. The summed E-state index contributed by atoms with van der Waals surface area (Å²) in [5.41, 5.74) is 2.61. The first kappa shape index (κ1) is 16.2. The number of nitrogens with zero attached hydrogens (tertiary/aromatic N) is 2. The molecule has 0 N–H and O–H groups in total. The average Bonchev–Trinajstić information content (AvgIpc) is 2.48. The summed E-state index contributed by atoms with van der Waals surface area (Å²) in [4.78, 5) is 4.12. The van der Waals surface area contributed by atoms with Gasteiger partial charge in [0, 0.05) is 36.2 Å². The van der Waals surface area contributed by atoms with Crippen molar-refractivity contribution in [3.63, 3.8) is 0 Å². The molecule has 0 fully saturated rings. The maximum Gasteiger partial charge on any atom is 0.177 e. The lowest BCUT2D eigenvalue weighted by Crippen LogP contribution is -2.08. The molecule has 115 valence electrons. The van der Waals surface area contributed by atoms with Crippen LogP contribution < -0.4 is 0 Å². The minimum absolute atomic E-state index is 0.119. The Labute approximate surface area is 130 Å². The minimum atomic E-state index is -3.37. The zero-order valence-electron chi connectivity index (χ0n) is 12.8. The molecule has 0 aromatic carbocycles. The smallest absolute Gasteiger partial charge is 0.177 e. The van der Waals surface area contributed by atoms with E-state index < -0.39 is 9.84 Å². The van der Waals surface area contributed by atoms with Gasteiger partial charge in [-0.25, -0.2) is 8.42 Å². The maximum atomic E-state index is 11.7. The molecule has 0 aliphatic heterocycles. The molecule has 1 heterocycles. The highest BCUT2D eigenvalue weighted by Crippen LogP contribution is 2.36. The van der Waals surface area contributed by atoms with Crippen molar-refractivity contribution in [3.05, 3.63) is 47.3 Å². The lowest BCUT2D eigenvalue weighted by atomic mass is 9.87. The van der Waals surface area contributed by atoms with Crippen molar-refractivity contribution in [2.24, 2.45) is 0 Å². The molecule has 2 rings (SSSR count). The molecule has 0 bridgehead atoms. The van der Waals surface area contributed by atoms with E-state index in [0.29, 0.717) is 35.5 Å². The van der Waals surface area contributed by atoms with Crippen LogP contribution in [0.4, 0.5) is 0 Å². The Kier molecular flexibility index (Phi) is 4.67. The lowest BCUT2D eigenvalue weighted by Gasteiger charge is -2.21. The van der Waals surface area contributed by atoms with Crippen molar-refractivity contribution in [2.75, 3.05) is 12.9 Å². The summed E-state index contributed by atoms with van der Waals surface area (Å²) < 4.78 is 29.1. The van der Waals surface area contributed by atoms with Gasteiger partial charge in [-0.1, -0.05) is 5.57 Å². The summed E-state index contributed by atoms with van der Waals surface area (Å²) in [7, 11) is -3.37. The summed E-state index contributed by atoms with van der Waals surface area (Å²) in [6, 6.07) is 3.72. The van der Waals surface area contributed by atoms with Crippen LogP contribution in [-0.4, -0.2) is 26.3 Å². The standard InChI is InChI=1S/C16H17N2O3S/c1-4-21-15-6-5-11(2)14(8-17)16(15)12-7-13(10-18-9-12)22(3,19)20/h6-7,9-10H,4-5H2,1-3H3. The van der Waals surface area contributed by atoms with Crippen molar-refractivity contribution in [1.29, 1.82) is 5.26 Å². The van der Waals surface area contributed by atoms with E-state index in [-0.39, 0.29) is 4.90 Å². The zero-order valence-corrected chi connectivity index (χ0v) is 13.6. The van der Waals surface area contributed by atoms with Crippen molar-refractivity contribution in [3.8, 4) is 6.07 Å². The van der Waals surface area contributed by atoms with Gasteiger partial charge in [-0.15, -0.1) is 0 Å². The van der Waals surface area contributed by atoms with E-state index in [1.54, 1.807) is 6.20 Å². The second-order valence-corrected chi connectivity index (χ2v) is 7.04. The van der Waals surface area contributed by atoms with Crippen LogP contribution in [0, 0.1) is 17.8 Å². The first-order chi connectivity index (χ1) is 10.4. The molecule has 6 heteroatoms. The molecule has 0 unspecified atom stereocenters. The Morgan fingerprint density at radius 3 is 2.73 bits per heavy atom. The number of pyridine rings is 1. The molecule has 1 aliphatic carbocycles. The zero-order chi connectivity index (χ0) is 16.3. The quantitative estimate of drug-likeness (QED) is 0.853. The average molecular weight is 317 g/mol. The highest BCUT2D eigenvalue weighted by Gasteiger charge is 2.23. The number of aromatic nitrogens is 1. The Morgan fingerprint density at radius 2 is 2.14 bits per heavy atom. The topological polar surface area (TPSA) is 80.0 Å². The van der Waals surface area contributed by atoms with Gasteiger partial charge in [-0.05, 0) is 26.3 Å². The van der Waals surface area contributed by atoms with Gasteiger partial charge in [0.25, 0.3) is 0 Å². The maximum absolute atomic E-state index is 11.7. The van der Waals surface area contributed by atoms with Crippen LogP contribution in [0.15, 0.2) is 40.3 Å². The molecule has 0 spiro atoms. The largest absolute Gasteiger partial charge is 0.497 e. The van der Waals surface area contributed by atoms with Crippen LogP contribution in [0.2, 0.25) is 0 Å².